The van der Waals surface area contributed by atoms with Crippen LogP contribution in [0.5, 0.6) is 0 Å². The van der Waals surface area contributed by atoms with E-state index >= 15 is 0 Å². The molecule has 0 heterocycles. The lowest BCUT2D eigenvalue weighted by atomic mass is 10.1. The minimum atomic E-state index is 0. The molecule has 0 amide bonds. The third-order valence-electron chi connectivity index (χ3n) is 2.90. The van der Waals surface area contributed by atoms with Gasteiger partial charge in [-0.25, -0.2) is 0 Å². The van der Waals surface area contributed by atoms with Gasteiger partial charge < -0.3 is 4.90 Å². The van der Waals surface area contributed by atoms with E-state index in [1.165, 1.54) is 0 Å². The number of halogens is 2. The van der Waals surface area contributed by atoms with Crippen LogP contribution in [0.1, 0.15) is 25.8 Å². The maximum absolute atomic E-state index is 11.7. The zero-order valence-electron chi connectivity index (χ0n) is 11.4. The molecule has 0 spiro atoms. The van der Waals surface area contributed by atoms with Gasteiger partial charge in [0.15, 0.2) is 5.78 Å². The molecule has 0 atom stereocenters. The molecule has 0 unspecified atom stereocenters. The van der Waals surface area contributed by atoms with Gasteiger partial charge in [-0.1, -0.05) is 43.7 Å². The molecule has 0 bridgehead atoms. The van der Waals surface area contributed by atoms with Crippen LogP contribution >= 0.6 is 24.0 Å². The number of carbonyl (C=O) groups is 1. The Morgan fingerprint density at radius 3 is 2.32 bits per heavy atom. The second-order valence-corrected chi connectivity index (χ2v) is 4.56. The predicted octanol–water partition coefficient (Wildman–Crippen LogP) is 4.08. The zero-order valence-corrected chi connectivity index (χ0v) is 13.0. The van der Waals surface area contributed by atoms with E-state index < -0.39 is 0 Å². The van der Waals surface area contributed by atoms with E-state index in [1.54, 1.807) is 6.08 Å². The Bertz CT molecular complexity index is 397. The number of nitrogens with zero attached hydrogens (tertiary/aromatic N) is 1. The summed E-state index contributed by atoms with van der Waals surface area (Å²) in [5.74, 6) is 0.164. The fourth-order valence-electron chi connectivity index (χ4n) is 1.65. The maximum Gasteiger partial charge on any atom is 0.156 e. The van der Waals surface area contributed by atoms with Crippen LogP contribution in [-0.2, 0) is 4.79 Å². The van der Waals surface area contributed by atoms with E-state index in [1.807, 2.05) is 30.3 Å². The van der Waals surface area contributed by atoms with Gasteiger partial charge in [0.2, 0.25) is 0 Å². The molecule has 1 rings (SSSR count). The Morgan fingerprint density at radius 1 is 1.21 bits per heavy atom. The van der Waals surface area contributed by atoms with Gasteiger partial charge in [-0.3, -0.25) is 4.79 Å². The first kappa shape index (κ1) is 18.2. The molecule has 19 heavy (non-hydrogen) atoms. The van der Waals surface area contributed by atoms with Crippen LogP contribution in [0.4, 0.5) is 0 Å². The largest absolute Gasteiger partial charge is 0.303 e. The molecule has 0 aromatic heterocycles. The van der Waals surface area contributed by atoms with Crippen LogP contribution < -0.4 is 0 Å². The number of hydrogen-bond donors (Lipinski definition) is 0. The Labute approximate surface area is 126 Å². The summed E-state index contributed by atoms with van der Waals surface area (Å²) < 4.78 is 0. The summed E-state index contributed by atoms with van der Waals surface area (Å²) >= 11 is 5.79. The van der Waals surface area contributed by atoms with E-state index in [0.29, 0.717) is 11.4 Å². The third-order valence-corrected chi connectivity index (χ3v) is 3.15. The molecular weight excluding hydrogens is 281 g/mol. The number of rotatable bonds is 7. The standard InChI is InChI=1S/C15H20ClNO.ClH/c1-3-17(4-2)12-11-15(18)10-7-13-5-8-14(16)9-6-13;/h5-10H,3-4,11-12H2,1-2H3;1H/b10-7+;. The lowest BCUT2D eigenvalue weighted by Crippen LogP contribution is -2.25. The molecule has 4 heteroatoms. The quantitative estimate of drug-likeness (QED) is 0.707. The van der Waals surface area contributed by atoms with Crippen molar-refractivity contribution >= 4 is 35.9 Å². The van der Waals surface area contributed by atoms with Gasteiger partial charge >= 0.3 is 0 Å². The van der Waals surface area contributed by atoms with E-state index in [-0.39, 0.29) is 18.2 Å². The molecule has 0 saturated heterocycles. The molecule has 0 fully saturated rings. The molecule has 0 N–H and O–H groups in total. The van der Waals surface area contributed by atoms with Crippen LogP contribution in [0.3, 0.4) is 0 Å². The predicted molar refractivity (Wildman–Crippen MR) is 85.1 cm³/mol. The first-order valence-corrected chi connectivity index (χ1v) is 6.72. The Morgan fingerprint density at radius 2 is 1.79 bits per heavy atom. The monoisotopic (exact) mass is 301 g/mol. The molecule has 0 saturated carbocycles. The number of hydrogen-bond acceptors (Lipinski definition) is 2. The molecular formula is C15H21Cl2NO. The fourth-order valence-corrected chi connectivity index (χ4v) is 1.78. The lowest BCUT2D eigenvalue weighted by molar-refractivity contribution is -0.114. The van der Waals surface area contributed by atoms with Gasteiger partial charge in [-0.05, 0) is 36.9 Å². The highest BCUT2D eigenvalue weighted by Gasteiger charge is 2.02. The van der Waals surface area contributed by atoms with Crippen LogP contribution in [-0.4, -0.2) is 30.3 Å². The van der Waals surface area contributed by atoms with E-state index in [9.17, 15) is 4.79 Å². The van der Waals surface area contributed by atoms with Crippen LogP contribution in [0.25, 0.3) is 6.08 Å². The first-order valence-electron chi connectivity index (χ1n) is 6.34. The normalized spacial score (nSPS) is 10.7. The van der Waals surface area contributed by atoms with Crippen LogP contribution in [0.15, 0.2) is 30.3 Å². The van der Waals surface area contributed by atoms with E-state index in [0.717, 1.165) is 25.2 Å². The van der Waals surface area contributed by atoms with Gasteiger partial charge in [-0.2, -0.15) is 0 Å². The molecule has 1 aromatic carbocycles. The zero-order chi connectivity index (χ0) is 13.4. The Hall–Kier alpha value is -0.830. The second-order valence-electron chi connectivity index (χ2n) is 4.13. The van der Waals surface area contributed by atoms with Crippen molar-refractivity contribution in [3.63, 3.8) is 0 Å². The summed E-state index contributed by atoms with van der Waals surface area (Å²) in [5.41, 5.74) is 0.996. The molecule has 0 aliphatic heterocycles. The van der Waals surface area contributed by atoms with Crippen molar-refractivity contribution in [2.24, 2.45) is 0 Å². The molecule has 2 nitrogen and oxygen atoms in total. The minimum absolute atomic E-state index is 0. The van der Waals surface area contributed by atoms with Crippen LogP contribution in [0.2, 0.25) is 5.02 Å². The van der Waals surface area contributed by atoms with Crippen molar-refractivity contribution in [3.8, 4) is 0 Å². The molecule has 0 radical (unpaired) electrons. The van der Waals surface area contributed by atoms with Gasteiger partial charge in [0.1, 0.15) is 0 Å². The topological polar surface area (TPSA) is 20.3 Å². The maximum atomic E-state index is 11.7. The highest BCUT2D eigenvalue weighted by molar-refractivity contribution is 6.30. The van der Waals surface area contributed by atoms with E-state index in [2.05, 4.69) is 18.7 Å². The van der Waals surface area contributed by atoms with E-state index in [4.69, 9.17) is 11.6 Å². The van der Waals surface area contributed by atoms with Crippen LogP contribution in [0, 0.1) is 0 Å². The summed E-state index contributed by atoms with van der Waals surface area (Å²) in [4.78, 5) is 13.9. The summed E-state index contributed by atoms with van der Waals surface area (Å²) in [6.45, 7) is 7.03. The summed E-state index contributed by atoms with van der Waals surface area (Å²) in [6, 6.07) is 7.44. The van der Waals surface area contributed by atoms with Crippen molar-refractivity contribution in [3.05, 3.63) is 40.9 Å². The van der Waals surface area contributed by atoms with Crippen molar-refractivity contribution in [2.45, 2.75) is 20.3 Å². The molecule has 106 valence electrons. The summed E-state index contributed by atoms with van der Waals surface area (Å²) in [5, 5.41) is 0.708. The number of carbonyl (C=O) groups excluding carboxylic acids is 1. The fraction of sp³-hybridized carbons (Fsp3) is 0.400. The van der Waals surface area contributed by atoms with Gasteiger partial charge in [0.05, 0.1) is 0 Å². The van der Waals surface area contributed by atoms with Crippen molar-refractivity contribution in [2.75, 3.05) is 19.6 Å². The molecule has 1 aromatic rings. The van der Waals surface area contributed by atoms with Crippen molar-refractivity contribution in [1.82, 2.24) is 4.90 Å². The Kier molecular flexibility index (Phi) is 9.58. The smallest absolute Gasteiger partial charge is 0.156 e. The molecule has 0 aliphatic rings. The number of allylic oxidation sites excluding steroid dienone is 1. The average Bonchev–Trinajstić information content (AvgIpc) is 2.39. The number of benzene rings is 1. The summed E-state index contributed by atoms with van der Waals surface area (Å²) in [7, 11) is 0. The van der Waals surface area contributed by atoms with Gasteiger partial charge in [0, 0.05) is 18.0 Å². The lowest BCUT2D eigenvalue weighted by Gasteiger charge is -2.16. The minimum Gasteiger partial charge on any atom is -0.303 e. The van der Waals surface area contributed by atoms with Crippen molar-refractivity contribution in [1.29, 1.82) is 0 Å². The average molecular weight is 302 g/mol. The first-order chi connectivity index (χ1) is 8.65. The Balaban J connectivity index is 0.00000324. The third kappa shape index (κ3) is 7.36. The second kappa shape index (κ2) is 10.0. The highest BCUT2D eigenvalue weighted by atomic mass is 35.5. The van der Waals surface area contributed by atoms with Gasteiger partial charge in [0.25, 0.3) is 0 Å². The highest BCUT2D eigenvalue weighted by Crippen LogP contribution is 2.10. The van der Waals surface area contributed by atoms with Gasteiger partial charge in [-0.15, -0.1) is 12.4 Å². The number of ketones is 1. The summed E-state index contributed by atoms with van der Waals surface area (Å²) in [6.07, 6.45) is 4.05. The molecule has 0 aliphatic carbocycles. The van der Waals surface area contributed by atoms with Crippen molar-refractivity contribution < 1.29 is 4.79 Å². The SMILES string of the molecule is CCN(CC)CCC(=O)/C=C/c1ccc(Cl)cc1.Cl.